The number of hydrogen-bond acceptors (Lipinski definition) is 5. The third-order valence-electron chi connectivity index (χ3n) is 5.75. The van der Waals surface area contributed by atoms with Crippen molar-refractivity contribution in [3.05, 3.63) is 90.9 Å². The second-order valence-electron chi connectivity index (χ2n) is 8.81. The molecule has 7 heteroatoms. The highest BCUT2D eigenvalue weighted by Crippen LogP contribution is 2.29. The maximum absolute atomic E-state index is 13.6. The van der Waals surface area contributed by atoms with Gasteiger partial charge in [-0.15, -0.1) is 6.58 Å². The van der Waals surface area contributed by atoms with Gasteiger partial charge in [-0.1, -0.05) is 49.8 Å². The lowest BCUT2D eigenvalue weighted by Gasteiger charge is -2.08. The highest BCUT2D eigenvalue weighted by atomic mass is 19.1. The van der Waals surface area contributed by atoms with E-state index in [1.54, 1.807) is 23.0 Å². The number of carbonyl (C=O) groups excluding carboxylic acids is 1. The number of aryl methyl sites for hydroxylation is 1. The smallest absolute Gasteiger partial charge is 0.197 e. The van der Waals surface area contributed by atoms with Gasteiger partial charge in [0.2, 0.25) is 0 Å². The van der Waals surface area contributed by atoms with Gasteiger partial charge < -0.3 is 9.15 Å². The van der Waals surface area contributed by atoms with Crippen molar-refractivity contribution in [2.45, 2.75) is 52.5 Å². The van der Waals surface area contributed by atoms with Crippen LogP contribution in [0.1, 0.15) is 50.7 Å². The van der Waals surface area contributed by atoms with E-state index >= 15 is 0 Å². The van der Waals surface area contributed by atoms with Crippen LogP contribution in [0.2, 0.25) is 0 Å². The van der Waals surface area contributed by atoms with Crippen LogP contribution >= 0.6 is 0 Å². The predicted octanol–water partition coefficient (Wildman–Crippen LogP) is 7.40. The van der Waals surface area contributed by atoms with Gasteiger partial charge >= 0.3 is 0 Å². The molecule has 6 nitrogen and oxygen atoms in total. The molecule has 0 spiro atoms. The quantitative estimate of drug-likeness (QED) is 0.211. The fourth-order valence-corrected chi connectivity index (χ4v) is 4.00. The molecule has 0 saturated carbocycles. The Bertz CT molecular complexity index is 1310. The number of aromatic nitrogens is 3. The number of halogens is 1. The highest BCUT2D eigenvalue weighted by molar-refractivity contribution is 5.77. The number of benzene rings is 2. The van der Waals surface area contributed by atoms with E-state index in [4.69, 9.17) is 9.15 Å². The van der Waals surface area contributed by atoms with Gasteiger partial charge in [0.25, 0.3) is 0 Å². The average molecular weight is 504 g/mol. The summed E-state index contributed by atoms with van der Waals surface area (Å²) in [5.74, 6) is 1.91. The molecule has 0 aliphatic carbocycles. The number of rotatable bonds is 10. The van der Waals surface area contributed by atoms with Crippen molar-refractivity contribution in [1.29, 1.82) is 0 Å². The van der Waals surface area contributed by atoms with Crippen LogP contribution in [0.3, 0.4) is 0 Å². The second-order valence-corrected chi connectivity index (χ2v) is 8.81. The van der Waals surface area contributed by atoms with Crippen molar-refractivity contribution in [3.63, 3.8) is 0 Å². The molecular formula is C30H34FN3O3. The van der Waals surface area contributed by atoms with Crippen LogP contribution in [-0.2, 0) is 11.3 Å². The normalized spacial score (nSPS) is 11.4. The number of methoxy groups -OCH3 is 1. The number of oxazole rings is 1. The van der Waals surface area contributed by atoms with E-state index in [9.17, 15) is 9.18 Å². The molecule has 2 heterocycles. The molecule has 0 saturated heterocycles. The predicted molar refractivity (Wildman–Crippen MR) is 144 cm³/mol. The first-order chi connectivity index (χ1) is 17.9. The molecule has 194 valence electrons. The van der Waals surface area contributed by atoms with Crippen LogP contribution < -0.4 is 4.74 Å². The van der Waals surface area contributed by atoms with Crippen LogP contribution in [-0.4, -0.2) is 27.7 Å². The molecule has 2 aromatic heterocycles. The number of hydrogen-bond donors (Lipinski definition) is 0. The van der Waals surface area contributed by atoms with Gasteiger partial charge in [0.05, 0.1) is 31.2 Å². The number of Topliss-reactive ketones (excluding diaryl/α,β-unsaturated/α-hetero) is 1. The maximum Gasteiger partial charge on any atom is 0.197 e. The SMILES string of the molecule is C=CCC(CCC)c1ncc(C)o1.COc1cc(-c2cc(-c3ccccc3)n(CC(C)=O)n2)ccc1F. The summed E-state index contributed by atoms with van der Waals surface area (Å²) in [5.41, 5.74) is 3.19. The Hall–Kier alpha value is -4.00. The minimum absolute atomic E-state index is 0.0125. The number of nitrogens with zero attached hydrogens (tertiary/aromatic N) is 3. The van der Waals surface area contributed by atoms with Crippen molar-refractivity contribution in [1.82, 2.24) is 14.8 Å². The summed E-state index contributed by atoms with van der Waals surface area (Å²) < 4.78 is 25.8. The molecule has 1 atom stereocenters. The molecule has 2 aromatic carbocycles. The summed E-state index contributed by atoms with van der Waals surface area (Å²) in [6.45, 7) is 9.55. The standard InChI is InChI=1S/C19H17FN2O2.C11H17NO/c1-13(23)12-22-18(14-6-4-3-5-7-14)11-17(21-22)15-8-9-16(20)19(10-15)24-2;1-4-6-10(7-5-2)11-12-8-9(3)13-11/h3-11H,12H2,1-2H3;4,8,10H,1,5-7H2,2-3H3. The van der Waals surface area contributed by atoms with Crippen molar-refractivity contribution in [2.24, 2.45) is 0 Å². The lowest BCUT2D eigenvalue weighted by Crippen LogP contribution is -2.09. The van der Waals surface area contributed by atoms with E-state index in [2.05, 4.69) is 23.6 Å². The van der Waals surface area contributed by atoms with Crippen LogP contribution in [0.4, 0.5) is 4.39 Å². The van der Waals surface area contributed by atoms with E-state index in [0.29, 0.717) is 11.6 Å². The van der Waals surface area contributed by atoms with Crippen LogP contribution in [0.5, 0.6) is 5.75 Å². The van der Waals surface area contributed by atoms with E-state index in [-0.39, 0.29) is 18.1 Å². The van der Waals surface area contributed by atoms with E-state index in [1.807, 2.05) is 49.4 Å². The summed E-state index contributed by atoms with van der Waals surface area (Å²) in [6.07, 6.45) is 6.93. The minimum Gasteiger partial charge on any atom is -0.494 e. The van der Waals surface area contributed by atoms with Crippen LogP contribution in [0, 0.1) is 12.7 Å². The Morgan fingerprint density at radius 3 is 2.54 bits per heavy atom. The Kier molecular flexibility index (Phi) is 9.95. The summed E-state index contributed by atoms with van der Waals surface area (Å²) in [5, 5.41) is 4.52. The van der Waals surface area contributed by atoms with Crippen molar-refractivity contribution >= 4 is 5.78 Å². The molecule has 0 bridgehead atoms. The lowest BCUT2D eigenvalue weighted by molar-refractivity contribution is -0.117. The van der Waals surface area contributed by atoms with Gasteiger partial charge in [-0.2, -0.15) is 5.10 Å². The molecule has 0 radical (unpaired) electrons. The van der Waals surface area contributed by atoms with Crippen molar-refractivity contribution in [2.75, 3.05) is 7.11 Å². The Balaban J connectivity index is 0.000000248. The maximum atomic E-state index is 13.6. The monoisotopic (exact) mass is 503 g/mol. The summed E-state index contributed by atoms with van der Waals surface area (Å²) in [7, 11) is 1.42. The van der Waals surface area contributed by atoms with Crippen LogP contribution in [0.15, 0.2) is 77.9 Å². The first-order valence-corrected chi connectivity index (χ1v) is 12.4. The van der Waals surface area contributed by atoms with Crippen molar-refractivity contribution in [3.8, 4) is 28.3 Å². The molecule has 0 amide bonds. The largest absolute Gasteiger partial charge is 0.494 e. The van der Waals surface area contributed by atoms with Gasteiger partial charge in [-0.25, -0.2) is 9.37 Å². The molecule has 37 heavy (non-hydrogen) atoms. The molecule has 0 aliphatic rings. The number of carbonyl (C=O) groups is 1. The highest BCUT2D eigenvalue weighted by Gasteiger charge is 2.15. The topological polar surface area (TPSA) is 70.2 Å². The zero-order chi connectivity index (χ0) is 26.8. The minimum atomic E-state index is -0.423. The molecule has 4 aromatic rings. The van der Waals surface area contributed by atoms with E-state index in [1.165, 1.54) is 20.1 Å². The first-order valence-electron chi connectivity index (χ1n) is 12.4. The molecule has 0 N–H and O–H groups in total. The fraction of sp³-hybridized carbons (Fsp3) is 0.300. The molecular weight excluding hydrogens is 469 g/mol. The molecule has 4 rings (SSSR count). The third kappa shape index (κ3) is 7.49. The number of ether oxygens (including phenoxy) is 1. The zero-order valence-corrected chi connectivity index (χ0v) is 21.9. The zero-order valence-electron chi connectivity index (χ0n) is 21.9. The van der Waals surface area contributed by atoms with Crippen molar-refractivity contribution < 1.29 is 18.3 Å². The summed E-state index contributed by atoms with van der Waals surface area (Å²) >= 11 is 0. The number of allylic oxidation sites excluding steroid dienone is 1. The molecule has 0 fully saturated rings. The lowest BCUT2D eigenvalue weighted by atomic mass is 10.00. The van der Waals surface area contributed by atoms with E-state index in [0.717, 1.165) is 47.7 Å². The Labute approximate surface area is 217 Å². The third-order valence-corrected chi connectivity index (χ3v) is 5.75. The number of ketones is 1. The summed E-state index contributed by atoms with van der Waals surface area (Å²) in [6, 6.07) is 16.2. The van der Waals surface area contributed by atoms with Crippen LogP contribution in [0.25, 0.3) is 22.5 Å². The second kappa shape index (κ2) is 13.3. The summed E-state index contributed by atoms with van der Waals surface area (Å²) in [4.78, 5) is 15.8. The Morgan fingerprint density at radius 1 is 1.19 bits per heavy atom. The average Bonchev–Trinajstić information content (AvgIpc) is 3.51. The molecule has 0 aliphatic heterocycles. The molecule has 1 unspecified atom stereocenters. The Morgan fingerprint density at radius 2 is 1.95 bits per heavy atom. The van der Waals surface area contributed by atoms with Gasteiger partial charge in [-0.3, -0.25) is 9.48 Å². The fourth-order valence-electron chi connectivity index (χ4n) is 4.00. The van der Waals surface area contributed by atoms with E-state index < -0.39 is 5.82 Å². The van der Waals surface area contributed by atoms with Gasteiger partial charge in [-0.05, 0) is 56.5 Å². The van der Waals surface area contributed by atoms with Gasteiger partial charge in [0, 0.05) is 11.5 Å². The van der Waals surface area contributed by atoms with Gasteiger partial charge in [0.15, 0.2) is 23.2 Å². The van der Waals surface area contributed by atoms with Gasteiger partial charge in [0.1, 0.15) is 5.76 Å². The first kappa shape index (κ1) is 27.6.